The Bertz CT molecular complexity index is 233. The first-order chi connectivity index (χ1) is 4.06. The van der Waals surface area contributed by atoms with Crippen LogP contribution < -0.4 is 0 Å². The van der Waals surface area contributed by atoms with Crippen molar-refractivity contribution in [2.75, 3.05) is 0 Å². The largest absolute Gasteiger partial charge is 0.287 e. The highest BCUT2D eigenvalue weighted by atomic mass is 32.2. The zero-order valence-corrected chi connectivity index (χ0v) is 5.30. The van der Waals surface area contributed by atoms with Gasteiger partial charge in [-0.2, -0.15) is 13.7 Å². The average Bonchev–Trinajstić information content (AvgIpc) is 1.63. The third kappa shape index (κ3) is 7.14. The molecule has 0 saturated heterocycles. The smallest absolute Gasteiger partial charge is 0.282 e. The maximum Gasteiger partial charge on any atom is 0.287 e. The molecule has 0 aliphatic heterocycles. The van der Waals surface area contributed by atoms with Gasteiger partial charge in [0.25, 0.3) is 10.1 Å². The molecule has 0 aromatic carbocycles. The summed E-state index contributed by atoms with van der Waals surface area (Å²) in [6.07, 6.45) is 1.05. The van der Waals surface area contributed by atoms with E-state index in [4.69, 9.17) is 9.81 Å². The summed E-state index contributed by atoms with van der Waals surface area (Å²) in [4.78, 5) is 0. The van der Waals surface area contributed by atoms with E-state index < -0.39 is 10.1 Å². The van der Waals surface area contributed by atoms with E-state index in [1.807, 2.05) is 0 Å². The third-order valence-corrected chi connectivity index (χ3v) is 1.01. The Kier molecular flexibility index (Phi) is 2.91. The van der Waals surface area contributed by atoms with Gasteiger partial charge in [0.1, 0.15) is 0 Å². The fourth-order valence-corrected chi connectivity index (χ4v) is 0.562. The normalized spacial score (nSPS) is 11.6. The van der Waals surface area contributed by atoms with Crippen LogP contribution in [-0.4, -0.2) is 13.0 Å². The third-order valence-electron chi connectivity index (χ3n) is 0.477. The molecule has 0 spiro atoms. The zero-order chi connectivity index (χ0) is 7.33. The van der Waals surface area contributed by atoms with Gasteiger partial charge >= 0.3 is 0 Å². The Balaban J connectivity index is 3.92. The lowest BCUT2D eigenvalue weighted by molar-refractivity contribution is 0.494. The number of hydrogen-bond acceptors (Lipinski definition) is 3. The summed E-state index contributed by atoms with van der Waals surface area (Å²) in [5.41, 5.74) is 0. The molecule has 5 heteroatoms. The first-order valence-electron chi connectivity index (χ1n) is 2.07. The van der Waals surface area contributed by atoms with E-state index in [9.17, 15) is 8.42 Å². The molecule has 1 N–H and O–H groups in total. The van der Waals surface area contributed by atoms with Crippen LogP contribution in [0.1, 0.15) is 6.42 Å². The molecule has 0 atom stereocenters. The van der Waals surface area contributed by atoms with Gasteiger partial charge in [-0.15, -0.1) is 0 Å². The van der Waals surface area contributed by atoms with Gasteiger partial charge in [0.2, 0.25) is 0 Å². The zero-order valence-electron chi connectivity index (χ0n) is 4.48. The highest BCUT2D eigenvalue weighted by molar-refractivity contribution is 7.88. The van der Waals surface area contributed by atoms with Gasteiger partial charge in [-0.3, -0.25) is 4.55 Å². The van der Waals surface area contributed by atoms with E-state index in [2.05, 4.69) is 0 Å². The summed E-state index contributed by atoms with van der Waals surface area (Å²) in [7, 11) is -4.03. The predicted octanol–water partition coefficient (Wildman–Crippen LogP) is 0.302. The summed E-state index contributed by atoms with van der Waals surface area (Å²) >= 11 is 0. The molecule has 0 saturated carbocycles. The van der Waals surface area contributed by atoms with Crippen LogP contribution in [0, 0.1) is 11.3 Å². The fourth-order valence-electron chi connectivity index (χ4n) is 0.222. The van der Waals surface area contributed by atoms with E-state index in [1.54, 1.807) is 6.07 Å². The Labute approximate surface area is 53.2 Å². The van der Waals surface area contributed by atoms with Crippen molar-refractivity contribution in [3.8, 4) is 6.07 Å². The van der Waals surface area contributed by atoms with Crippen molar-refractivity contribution in [1.82, 2.24) is 0 Å². The van der Waals surface area contributed by atoms with Gasteiger partial charge in [-0.1, -0.05) is 6.08 Å². The number of nitrogens with zero attached hydrogens (tertiary/aromatic N) is 1. The van der Waals surface area contributed by atoms with Gasteiger partial charge in [-0.25, -0.2) is 0 Å². The second kappa shape index (κ2) is 3.22. The van der Waals surface area contributed by atoms with Crippen molar-refractivity contribution in [2.24, 2.45) is 0 Å². The van der Waals surface area contributed by atoms with E-state index in [0.717, 1.165) is 6.08 Å². The first kappa shape index (κ1) is 8.14. The molecule has 0 bridgehead atoms. The standard InChI is InChI=1S/C4H5NO3S/c5-3-1-2-4-9(6,7)8/h2,4H,1H2,(H,6,7,8). The first-order valence-corrected chi connectivity index (χ1v) is 3.57. The van der Waals surface area contributed by atoms with Gasteiger partial charge in [0.05, 0.1) is 17.9 Å². The molecule has 0 aliphatic carbocycles. The second-order valence-corrected chi connectivity index (χ2v) is 2.55. The van der Waals surface area contributed by atoms with Crippen LogP contribution in [0.4, 0.5) is 0 Å². The molecule has 0 fully saturated rings. The van der Waals surface area contributed by atoms with Crippen LogP contribution >= 0.6 is 0 Å². The minimum Gasteiger partial charge on any atom is -0.282 e. The number of rotatable bonds is 2. The predicted molar refractivity (Wildman–Crippen MR) is 30.9 cm³/mol. The molecule has 0 radical (unpaired) electrons. The molecule has 50 valence electrons. The molecule has 0 unspecified atom stereocenters. The number of nitriles is 1. The van der Waals surface area contributed by atoms with Crippen molar-refractivity contribution in [2.45, 2.75) is 6.42 Å². The molecule has 0 rings (SSSR count). The highest BCUT2D eigenvalue weighted by Gasteiger charge is 1.92. The van der Waals surface area contributed by atoms with Crippen molar-refractivity contribution in [3.05, 3.63) is 11.5 Å². The summed E-state index contributed by atoms with van der Waals surface area (Å²) in [6.45, 7) is 0. The molecule has 0 aliphatic rings. The molecule has 0 heterocycles. The SMILES string of the molecule is N#CCC=CS(=O)(=O)O. The number of hydrogen-bond donors (Lipinski definition) is 1. The molecule has 0 aromatic rings. The quantitative estimate of drug-likeness (QED) is 0.570. The summed E-state index contributed by atoms with van der Waals surface area (Å²) in [5.74, 6) is 0. The summed E-state index contributed by atoms with van der Waals surface area (Å²) in [6, 6.07) is 1.68. The summed E-state index contributed by atoms with van der Waals surface area (Å²) < 4.78 is 27.8. The van der Waals surface area contributed by atoms with E-state index in [0.29, 0.717) is 5.41 Å². The lowest BCUT2D eigenvalue weighted by Gasteiger charge is -1.78. The van der Waals surface area contributed by atoms with Crippen LogP contribution in [-0.2, 0) is 10.1 Å². The Morgan fingerprint density at radius 2 is 2.22 bits per heavy atom. The molecular weight excluding hydrogens is 142 g/mol. The van der Waals surface area contributed by atoms with E-state index >= 15 is 0 Å². The molecule has 0 aromatic heterocycles. The van der Waals surface area contributed by atoms with Crippen molar-refractivity contribution in [3.63, 3.8) is 0 Å². The lowest BCUT2D eigenvalue weighted by Crippen LogP contribution is -1.88. The van der Waals surface area contributed by atoms with Crippen molar-refractivity contribution in [1.29, 1.82) is 5.26 Å². The number of allylic oxidation sites excluding steroid dienone is 1. The Morgan fingerprint density at radius 3 is 2.56 bits per heavy atom. The van der Waals surface area contributed by atoms with Crippen LogP contribution in [0.5, 0.6) is 0 Å². The molecule has 4 nitrogen and oxygen atoms in total. The Morgan fingerprint density at radius 1 is 1.67 bits per heavy atom. The minimum absolute atomic E-state index is 0.0141. The van der Waals surface area contributed by atoms with E-state index in [1.165, 1.54) is 0 Å². The van der Waals surface area contributed by atoms with Gasteiger partial charge in [0, 0.05) is 0 Å². The lowest BCUT2D eigenvalue weighted by atomic mass is 10.5. The van der Waals surface area contributed by atoms with Crippen LogP contribution in [0.25, 0.3) is 0 Å². The maximum atomic E-state index is 9.87. The van der Waals surface area contributed by atoms with Crippen molar-refractivity contribution < 1.29 is 13.0 Å². The van der Waals surface area contributed by atoms with Gasteiger partial charge in [-0.05, 0) is 0 Å². The Hall–Kier alpha value is -0.860. The maximum absolute atomic E-state index is 9.87. The highest BCUT2D eigenvalue weighted by Crippen LogP contribution is 1.86. The van der Waals surface area contributed by atoms with Crippen LogP contribution in [0.15, 0.2) is 11.5 Å². The van der Waals surface area contributed by atoms with Crippen molar-refractivity contribution >= 4 is 10.1 Å². The molecule has 0 amide bonds. The van der Waals surface area contributed by atoms with E-state index in [-0.39, 0.29) is 6.42 Å². The van der Waals surface area contributed by atoms with Gasteiger partial charge in [0.15, 0.2) is 0 Å². The monoisotopic (exact) mass is 147 g/mol. The molecule has 9 heavy (non-hydrogen) atoms. The average molecular weight is 147 g/mol. The topological polar surface area (TPSA) is 78.2 Å². The van der Waals surface area contributed by atoms with Gasteiger partial charge < -0.3 is 0 Å². The second-order valence-electron chi connectivity index (χ2n) is 1.25. The fraction of sp³-hybridized carbons (Fsp3) is 0.250. The minimum atomic E-state index is -4.03. The van der Waals surface area contributed by atoms with Crippen LogP contribution in [0.2, 0.25) is 0 Å². The molecular formula is C4H5NO3S. The van der Waals surface area contributed by atoms with Crippen LogP contribution in [0.3, 0.4) is 0 Å². The summed E-state index contributed by atoms with van der Waals surface area (Å²) in [5, 5.41) is 8.46.